The van der Waals surface area contributed by atoms with Gasteiger partial charge in [-0.3, -0.25) is 0 Å². The molecule has 1 aromatic heterocycles. The highest BCUT2D eigenvalue weighted by Gasteiger charge is 2.08. The number of thiophene rings is 1. The van der Waals surface area contributed by atoms with E-state index in [1.54, 1.807) is 11.1 Å². The maximum Gasteiger partial charge on any atom is 0.00490 e. The third-order valence-electron chi connectivity index (χ3n) is 3.16. The van der Waals surface area contributed by atoms with Crippen LogP contribution in [0.4, 0.5) is 0 Å². The Hall–Kier alpha value is -0.300. The Balaban J connectivity index is 2.60. The molecule has 0 N–H and O–H groups in total. The van der Waals surface area contributed by atoms with E-state index in [1.165, 1.54) is 30.6 Å². The molecule has 0 spiro atoms. The van der Waals surface area contributed by atoms with Gasteiger partial charge in [-0.05, 0) is 48.6 Å². The molecule has 14 heavy (non-hydrogen) atoms. The minimum atomic E-state index is 0.874. The number of rotatable bonds is 5. The fourth-order valence-electron chi connectivity index (χ4n) is 1.76. The van der Waals surface area contributed by atoms with Crippen molar-refractivity contribution in [3.05, 3.63) is 21.4 Å². The highest BCUT2D eigenvalue weighted by atomic mass is 32.1. The van der Waals surface area contributed by atoms with E-state index in [0.29, 0.717) is 0 Å². The van der Waals surface area contributed by atoms with E-state index < -0.39 is 0 Å². The van der Waals surface area contributed by atoms with Crippen LogP contribution in [0.1, 0.15) is 49.6 Å². The van der Waals surface area contributed by atoms with Crippen molar-refractivity contribution < 1.29 is 0 Å². The van der Waals surface area contributed by atoms with E-state index in [4.69, 9.17) is 0 Å². The Bertz CT molecular complexity index is 273. The Morgan fingerprint density at radius 1 is 1.36 bits per heavy atom. The molecule has 0 bridgehead atoms. The fraction of sp³-hybridized carbons (Fsp3) is 0.692. The van der Waals surface area contributed by atoms with E-state index in [9.17, 15) is 0 Å². The summed E-state index contributed by atoms with van der Waals surface area (Å²) in [5.41, 5.74) is 3.22. The molecule has 80 valence electrons. The van der Waals surface area contributed by atoms with Crippen LogP contribution in [-0.4, -0.2) is 0 Å². The van der Waals surface area contributed by atoms with Crippen molar-refractivity contribution in [2.45, 2.75) is 53.4 Å². The quantitative estimate of drug-likeness (QED) is 0.666. The predicted octanol–water partition coefficient (Wildman–Crippen LogP) is 4.60. The van der Waals surface area contributed by atoms with Crippen LogP contribution in [0.3, 0.4) is 0 Å². The molecule has 0 aliphatic rings. The third-order valence-corrected chi connectivity index (χ3v) is 4.16. The minimum absolute atomic E-state index is 0.874. The summed E-state index contributed by atoms with van der Waals surface area (Å²) in [6, 6.07) is 0. The maximum absolute atomic E-state index is 2.35. The standard InChI is InChI=1S/C13H22S/c1-5-10(3)7-8-13-11(4)14-9-12(13)6-2/h9-10H,5-8H2,1-4H3. The van der Waals surface area contributed by atoms with Crippen LogP contribution < -0.4 is 0 Å². The molecule has 1 heterocycles. The van der Waals surface area contributed by atoms with E-state index in [2.05, 4.69) is 33.1 Å². The Kier molecular flexibility index (Phi) is 4.67. The molecule has 0 aliphatic carbocycles. The second-order valence-electron chi connectivity index (χ2n) is 4.20. The summed E-state index contributed by atoms with van der Waals surface area (Å²) in [5.74, 6) is 0.874. The summed E-state index contributed by atoms with van der Waals surface area (Å²) in [4.78, 5) is 1.53. The van der Waals surface area contributed by atoms with Crippen molar-refractivity contribution in [2.75, 3.05) is 0 Å². The lowest BCUT2D eigenvalue weighted by molar-refractivity contribution is 0.515. The lowest BCUT2D eigenvalue weighted by Gasteiger charge is -2.09. The maximum atomic E-state index is 2.35. The van der Waals surface area contributed by atoms with E-state index in [1.807, 2.05) is 11.3 Å². The van der Waals surface area contributed by atoms with Gasteiger partial charge < -0.3 is 0 Å². The van der Waals surface area contributed by atoms with E-state index in [-0.39, 0.29) is 0 Å². The monoisotopic (exact) mass is 210 g/mol. The molecule has 0 amide bonds. The summed E-state index contributed by atoms with van der Waals surface area (Å²) < 4.78 is 0. The first kappa shape index (κ1) is 11.8. The first-order chi connectivity index (χ1) is 6.69. The fourth-order valence-corrected chi connectivity index (χ4v) is 2.76. The number of hydrogen-bond acceptors (Lipinski definition) is 1. The summed E-state index contributed by atoms with van der Waals surface area (Å²) in [6.07, 6.45) is 5.14. The van der Waals surface area contributed by atoms with Gasteiger partial charge in [0.05, 0.1) is 0 Å². The Labute approximate surface area is 92.4 Å². The first-order valence-electron chi connectivity index (χ1n) is 5.74. The van der Waals surface area contributed by atoms with Crippen molar-refractivity contribution in [1.82, 2.24) is 0 Å². The Morgan fingerprint density at radius 3 is 2.64 bits per heavy atom. The van der Waals surface area contributed by atoms with Crippen molar-refractivity contribution in [3.8, 4) is 0 Å². The van der Waals surface area contributed by atoms with Gasteiger partial charge in [-0.15, -0.1) is 11.3 Å². The lowest BCUT2D eigenvalue weighted by Crippen LogP contribution is -1.97. The zero-order chi connectivity index (χ0) is 10.6. The van der Waals surface area contributed by atoms with Gasteiger partial charge in [0.1, 0.15) is 0 Å². The van der Waals surface area contributed by atoms with E-state index >= 15 is 0 Å². The third kappa shape index (κ3) is 2.84. The van der Waals surface area contributed by atoms with Crippen LogP contribution >= 0.6 is 11.3 Å². The second-order valence-corrected chi connectivity index (χ2v) is 5.29. The first-order valence-corrected chi connectivity index (χ1v) is 6.62. The summed E-state index contributed by atoms with van der Waals surface area (Å²) >= 11 is 1.91. The van der Waals surface area contributed by atoms with Gasteiger partial charge in [0.25, 0.3) is 0 Å². The topological polar surface area (TPSA) is 0 Å². The van der Waals surface area contributed by atoms with Gasteiger partial charge in [-0.2, -0.15) is 0 Å². The highest BCUT2D eigenvalue weighted by Crippen LogP contribution is 2.25. The Morgan fingerprint density at radius 2 is 2.07 bits per heavy atom. The van der Waals surface area contributed by atoms with Crippen molar-refractivity contribution >= 4 is 11.3 Å². The molecule has 1 heteroatoms. The summed E-state index contributed by atoms with van der Waals surface area (Å²) in [5, 5.41) is 2.33. The van der Waals surface area contributed by atoms with Crippen LogP contribution in [-0.2, 0) is 12.8 Å². The summed E-state index contributed by atoms with van der Waals surface area (Å²) in [7, 11) is 0. The van der Waals surface area contributed by atoms with Crippen molar-refractivity contribution in [3.63, 3.8) is 0 Å². The number of hydrogen-bond donors (Lipinski definition) is 0. The molecule has 1 atom stereocenters. The number of aryl methyl sites for hydroxylation is 2. The minimum Gasteiger partial charge on any atom is -0.149 e. The molecule has 0 aliphatic heterocycles. The molecule has 1 unspecified atom stereocenters. The molecule has 0 saturated heterocycles. The largest absolute Gasteiger partial charge is 0.149 e. The van der Waals surface area contributed by atoms with Gasteiger partial charge in [0.2, 0.25) is 0 Å². The molecule has 0 aromatic carbocycles. The van der Waals surface area contributed by atoms with Crippen molar-refractivity contribution in [2.24, 2.45) is 5.92 Å². The van der Waals surface area contributed by atoms with E-state index in [0.717, 1.165) is 5.92 Å². The molecule has 0 fully saturated rings. The van der Waals surface area contributed by atoms with Crippen LogP contribution in [0.25, 0.3) is 0 Å². The average Bonchev–Trinajstić information content (AvgIpc) is 2.55. The lowest BCUT2D eigenvalue weighted by atomic mass is 9.97. The van der Waals surface area contributed by atoms with Gasteiger partial charge in [-0.25, -0.2) is 0 Å². The predicted molar refractivity (Wildman–Crippen MR) is 66.2 cm³/mol. The average molecular weight is 210 g/mol. The summed E-state index contributed by atoms with van der Waals surface area (Å²) in [6.45, 7) is 9.16. The molecule has 0 radical (unpaired) electrons. The molecule has 1 aromatic rings. The zero-order valence-corrected chi connectivity index (χ0v) is 10.7. The van der Waals surface area contributed by atoms with Gasteiger partial charge in [0, 0.05) is 4.88 Å². The van der Waals surface area contributed by atoms with Crippen molar-refractivity contribution in [1.29, 1.82) is 0 Å². The van der Waals surface area contributed by atoms with Gasteiger partial charge in [-0.1, -0.05) is 27.2 Å². The van der Waals surface area contributed by atoms with Crippen LogP contribution in [0.5, 0.6) is 0 Å². The van der Waals surface area contributed by atoms with Gasteiger partial charge >= 0.3 is 0 Å². The van der Waals surface area contributed by atoms with Gasteiger partial charge in [0.15, 0.2) is 0 Å². The zero-order valence-electron chi connectivity index (χ0n) is 9.89. The highest BCUT2D eigenvalue weighted by molar-refractivity contribution is 7.10. The molecule has 0 saturated carbocycles. The normalized spacial score (nSPS) is 13.1. The van der Waals surface area contributed by atoms with Crippen LogP contribution in [0, 0.1) is 12.8 Å². The molecular formula is C13H22S. The smallest absolute Gasteiger partial charge is 0.00490 e. The molecule has 1 rings (SSSR count). The second kappa shape index (κ2) is 5.55. The SMILES string of the molecule is CCc1csc(C)c1CCC(C)CC. The van der Waals surface area contributed by atoms with Crippen LogP contribution in [0.15, 0.2) is 5.38 Å². The van der Waals surface area contributed by atoms with Crippen LogP contribution in [0.2, 0.25) is 0 Å². The molecular weight excluding hydrogens is 188 g/mol. The molecule has 0 nitrogen and oxygen atoms in total.